The zero-order valence-corrected chi connectivity index (χ0v) is 15.0. The van der Waals surface area contributed by atoms with Crippen LogP contribution in [-0.2, 0) is 14.8 Å². The molecule has 0 saturated heterocycles. The smallest absolute Gasteiger partial charge is 0.264 e. The summed E-state index contributed by atoms with van der Waals surface area (Å²) in [4.78, 5) is 12.1. The molecule has 0 unspecified atom stereocenters. The molecule has 4 rings (SSSR count). The van der Waals surface area contributed by atoms with Crippen LogP contribution in [0.4, 0.5) is 11.4 Å². The van der Waals surface area contributed by atoms with E-state index in [1.165, 1.54) is 25.0 Å². The van der Waals surface area contributed by atoms with E-state index >= 15 is 0 Å². The van der Waals surface area contributed by atoms with Crippen LogP contribution in [0.3, 0.4) is 0 Å². The van der Waals surface area contributed by atoms with Gasteiger partial charge in [-0.25, -0.2) is 8.42 Å². The van der Waals surface area contributed by atoms with Crippen molar-refractivity contribution in [2.75, 3.05) is 16.2 Å². The lowest BCUT2D eigenvalue weighted by molar-refractivity contribution is -0.115. The van der Waals surface area contributed by atoms with E-state index in [1.54, 1.807) is 36.4 Å². The largest absolute Gasteiger partial charge is 0.490 e. The topological polar surface area (TPSA) is 75.7 Å². The fourth-order valence-electron chi connectivity index (χ4n) is 3.43. The maximum atomic E-state index is 13.1. The van der Waals surface area contributed by atoms with Crippen molar-refractivity contribution in [2.45, 2.75) is 36.7 Å². The first-order chi connectivity index (χ1) is 12.5. The number of amides is 1. The van der Waals surface area contributed by atoms with Gasteiger partial charge in [-0.3, -0.25) is 9.10 Å². The van der Waals surface area contributed by atoms with E-state index < -0.39 is 10.0 Å². The van der Waals surface area contributed by atoms with Crippen molar-refractivity contribution in [1.29, 1.82) is 0 Å². The SMILES string of the molecule is O=C1CN(S(=O)(=O)c2ccc(OC3CCCC3)cc2)c2ccccc2N1. The molecule has 0 aromatic heterocycles. The molecule has 1 saturated carbocycles. The van der Waals surface area contributed by atoms with E-state index in [1.807, 2.05) is 0 Å². The van der Waals surface area contributed by atoms with Gasteiger partial charge < -0.3 is 10.1 Å². The second kappa shape index (κ2) is 6.64. The highest BCUT2D eigenvalue weighted by Crippen LogP contribution is 2.34. The molecule has 2 aromatic carbocycles. The van der Waals surface area contributed by atoms with Gasteiger partial charge >= 0.3 is 0 Å². The fourth-order valence-corrected chi connectivity index (χ4v) is 4.87. The van der Waals surface area contributed by atoms with Gasteiger partial charge in [0.1, 0.15) is 12.3 Å². The molecular formula is C19H20N2O4S. The Hall–Kier alpha value is -2.54. The number of carbonyl (C=O) groups is 1. The quantitative estimate of drug-likeness (QED) is 0.894. The first-order valence-corrected chi connectivity index (χ1v) is 10.2. The average molecular weight is 372 g/mol. The Labute approximate surface area is 152 Å². The van der Waals surface area contributed by atoms with Gasteiger partial charge in [0.2, 0.25) is 5.91 Å². The zero-order chi connectivity index (χ0) is 18.1. The molecular weight excluding hydrogens is 352 g/mol. The van der Waals surface area contributed by atoms with Gasteiger partial charge in [0.25, 0.3) is 10.0 Å². The number of fused-ring (bicyclic) bond motifs is 1. The summed E-state index contributed by atoms with van der Waals surface area (Å²) in [5.74, 6) is 0.320. The Kier molecular flexibility index (Phi) is 4.32. The normalized spacial score (nSPS) is 17.7. The number of hydrogen-bond donors (Lipinski definition) is 1. The number of benzene rings is 2. The molecule has 136 valence electrons. The standard InChI is InChI=1S/C19H20N2O4S/c22-19-13-21(18-8-4-3-7-17(18)20-19)26(23,24)16-11-9-15(10-12-16)25-14-5-1-2-6-14/h3-4,7-12,14H,1-2,5-6,13H2,(H,20,22). The maximum absolute atomic E-state index is 13.1. The number of hydrogen-bond acceptors (Lipinski definition) is 4. The number of rotatable bonds is 4. The summed E-state index contributed by atoms with van der Waals surface area (Å²) < 4.78 is 33.1. The molecule has 7 heteroatoms. The Morgan fingerprint density at radius 1 is 1.00 bits per heavy atom. The van der Waals surface area contributed by atoms with Crippen LogP contribution < -0.4 is 14.4 Å². The number of ether oxygens (including phenoxy) is 1. The number of para-hydroxylation sites is 2. The zero-order valence-electron chi connectivity index (χ0n) is 14.2. The van der Waals surface area contributed by atoms with Crippen LogP contribution in [0.15, 0.2) is 53.4 Å². The first kappa shape index (κ1) is 16.9. The van der Waals surface area contributed by atoms with Gasteiger partial charge in [-0.15, -0.1) is 0 Å². The third kappa shape index (κ3) is 3.14. The predicted octanol–water partition coefficient (Wildman–Crippen LogP) is 3.16. The van der Waals surface area contributed by atoms with Crippen LogP contribution in [0.1, 0.15) is 25.7 Å². The minimum Gasteiger partial charge on any atom is -0.490 e. The van der Waals surface area contributed by atoms with E-state index in [9.17, 15) is 13.2 Å². The molecule has 0 radical (unpaired) electrons. The number of nitrogens with one attached hydrogen (secondary N) is 1. The Bertz CT molecular complexity index is 919. The molecule has 2 aromatic rings. The molecule has 1 aliphatic heterocycles. The van der Waals surface area contributed by atoms with Crippen molar-refractivity contribution in [3.63, 3.8) is 0 Å². The predicted molar refractivity (Wildman–Crippen MR) is 98.9 cm³/mol. The first-order valence-electron chi connectivity index (χ1n) is 8.72. The van der Waals surface area contributed by atoms with Crippen molar-refractivity contribution in [3.05, 3.63) is 48.5 Å². The van der Waals surface area contributed by atoms with E-state index in [4.69, 9.17) is 4.74 Å². The average Bonchev–Trinajstić information content (AvgIpc) is 3.14. The lowest BCUT2D eigenvalue weighted by Crippen LogP contribution is -2.42. The molecule has 1 amide bonds. The summed E-state index contributed by atoms with van der Waals surface area (Å²) in [7, 11) is -3.84. The van der Waals surface area contributed by atoms with Gasteiger partial charge in [0, 0.05) is 0 Å². The van der Waals surface area contributed by atoms with E-state index in [2.05, 4.69) is 5.32 Å². The summed E-state index contributed by atoms with van der Waals surface area (Å²) in [6.45, 7) is -0.236. The molecule has 2 aliphatic rings. The highest BCUT2D eigenvalue weighted by Gasteiger charge is 2.32. The van der Waals surface area contributed by atoms with Gasteiger partial charge in [-0.1, -0.05) is 12.1 Å². The van der Waals surface area contributed by atoms with Gasteiger partial charge in [0.15, 0.2) is 0 Å². The molecule has 0 atom stereocenters. The molecule has 1 N–H and O–H groups in total. The molecule has 0 spiro atoms. The number of carbonyl (C=O) groups excluding carboxylic acids is 1. The summed E-state index contributed by atoms with van der Waals surface area (Å²) in [5.41, 5.74) is 0.965. The van der Waals surface area contributed by atoms with Gasteiger partial charge in [0.05, 0.1) is 22.4 Å². The van der Waals surface area contributed by atoms with Crippen LogP contribution in [-0.4, -0.2) is 27.0 Å². The third-order valence-electron chi connectivity index (χ3n) is 4.75. The third-order valence-corrected chi connectivity index (χ3v) is 6.52. The summed E-state index contributed by atoms with van der Waals surface area (Å²) in [6.07, 6.45) is 4.65. The Balaban J connectivity index is 1.61. The minimum atomic E-state index is -3.84. The van der Waals surface area contributed by atoms with Crippen LogP contribution >= 0.6 is 0 Å². The van der Waals surface area contributed by atoms with E-state index in [-0.39, 0.29) is 23.5 Å². The number of nitrogens with zero attached hydrogens (tertiary/aromatic N) is 1. The van der Waals surface area contributed by atoms with Crippen molar-refractivity contribution in [2.24, 2.45) is 0 Å². The summed E-state index contributed by atoms with van der Waals surface area (Å²) >= 11 is 0. The Morgan fingerprint density at radius 2 is 1.69 bits per heavy atom. The van der Waals surface area contributed by atoms with Gasteiger partial charge in [-0.2, -0.15) is 0 Å². The van der Waals surface area contributed by atoms with Crippen LogP contribution in [0.2, 0.25) is 0 Å². The second-order valence-electron chi connectivity index (χ2n) is 6.57. The molecule has 0 bridgehead atoms. The minimum absolute atomic E-state index is 0.140. The van der Waals surface area contributed by atoms with Crippen molar-refractivity contribution >= 4 is 27.3 Å². The number of anilines is 2. The lowest BCUT2D eigenvalue weighted by Gasteiger charge is -2.30. The lowest BCUT2D eigenvalue weighted by atomic mass is 10.2. The van der Waals surface area contributed by atoms with Crippen LogP contribution in [0.5, 0.6) is 5.75 Å². The van der Waals surface area contributed by atoms with Gasteiger partial charge in [-0.05, 0) is 62.1 Å². The van der Waals surface area contributed by atoms with E-state index in [0.29, 0.717) is 17.1 Å². The monoisotopic (exact) mass is 372 g/mol. The molecule has 1 aliphatic carbocycles. The van der Waals surface area contributed by atoms with Crippen LogP contribution in [0.25, 0.3) is 0 Å². The van der Waals surface area contributed by atoms with Crippen molar-refractivity contribution in [1.82, 2.24) is 0 Å². The molecule has 1 fully saturated rings. The highest BCUT2D eigenvalue weighted by atomic mass is 32.2. The second-order valence-corrected chi connectivity index (χ2v) is 8.44. The maximum Gasteiger partial charge on any atom is 0.264 e. The molecule has 26 heavy (non-hydrogen) atoms. The van der Waals surface area contributed by atoms with E-state index in [0.717, 1.165) is 17.1 Å². The summed E-state index contributed by atoms with van der Waals surface area (Å²) in [5, 5.41) is 2.70. The molecule has 6 nitrogen and oxygen atoms in total. The molecule has 1 heterocycles. The number of sulfonamides is 1. The van der Waals surface area contributed by atoms with Crippen LogP contribution in [0, 0.1) is 0 Å². The Morgan fingerprint density at radius 3 is 2.42 bits per heavy atom. The summed E-state index contributed by atoms with van der Waals surface area (Å²) in [6, 6.07) is 13.3. The van der Waals surface area contributed by atoms with Crippen molar-refractivity contribution in [3.8, 4) is 5.75 Å². The fraction of sp³-hybridized carbons (Fsp3) is 0.316. The van der Waals surface area contributed by atoms with Crippen molar-refractivity contribution < 1.29 is 17.9 Å². The highest BCUT2D eigenvalue weighted by molar-refractivity contribution is 7.92.